The second-order valence-electron chi connectivity index (χ2n) is 20.6. The van der Waals surface area contributed by atoms with E-state index >= 15 is 0 Å². The summed E-state index contributed by atoms with van der Waals surface area (Å²) in [6, 6.07) is 0. The first-order chi connectivity index (χ1) is 35.0. The van der Waals surface area contributed by atoms with Crippen LogP contribution in [0.25, 0.3) is 0 Å². The van der Waals surface area contributed by atoms with Crippen molar-refractivity contribution in [2.24, 2.45) is 0 Å². The summed E-state index contributed by atoms with van der Waals surface area (Å²) >= 11 is 0. The van der Waals surface area contributed by atoms with Crippen molar-refractivity contribution in [2.45, 2.75) is 251 Å². The van der Waals surface area contributed by atoms with Crippen LogP contribution in [0.4, 0.5) is 0 Å². The third-order valence-electron chi connectivity index (χ3n) is 12.4. The lowest BCUT2D eigenvalue weighted by Crippen LogP contribution is -2.37. The highest BCUT2D eigenvalue weighted by Gasteiger charge is 2.27. The monoisotopic (exact) mass is 1030 g/mol. The number of likely N-dealkylation sites (N-methyl/N-ethyl adjacent to an activating group) is 1. The predicted molar refractivity (Wildman–Crippen MR) is 307 cm³/mol. The van der Waals surface area contributed by atoms with Gasteiger partial charge in [0.15, 0.2) is 6.10 Å². The molecule has 0 bridgehead atoms. The Morgan fingerprint density at radius 2 is 0.792 bits per heavy atom. The number of allylic oxidation sites excluding steroid dienone is 14. The Kier molecular flexibility index (Phi) is 51.0. The van der Waals surface area contributed by atoms with Crippen molar-refractivity contribution in [2.75, 3.05) is 47.5 Å². The van der Waals surface area contributed by atoms with Crippen LogP contribution in [0, 0.1) is 0 Å². The first-order valence-electron chi connectivity index (χ1n) is 29.3. The van der Waals surface area contributed by atoms with Gasteiger partial charge in [0.2, 0.25) is 0 Å². The van der Waals surface area contributed by atoms with E-state index in [4.69, 9.17) is 18.5 Å². The van der Waals surface area contributed by atoms with E-state index in [9.17, 15) is 19.0 Å². The third kappa shape index (κ3) is 56.5. The smallest absolute Gasteiger partial charge is 0.462 e. The molecule has 0 amide bonds. The lowest BCUT2D eigenvalue weighted by Gasteiger charge is -2.24. The van der Waals surface area contributed by atoms with Crippen molar-refractivity contribution in [1.29, 1.82) is 0 Å². The summed E-state index contributed by atoms with van der Waals surface area (Å²) in [5.41, 5.74) is 0. The summed E-state index contributed by atoms with van der Waals surface area (Å²) in [4.78, 5) is 35.7. The number of carbonyl (C=O) groups is 2. The van der Waals surface area contributed by atoms with Gasteiger partial charge < -0.3 is 18.9 Å². The van der Waals surface area contributed by atoms with Crippen LogP contribution in [0.3, 0.4) is 0 Å². The molecule has 0 saturated heterocycles. The van der Waals surface area contributed by atoms with Gasteiger partial charge in [-0.2, -0.15) is 0 Å². The van der Waals surface area contributed by atoms with E-state index < -0.39 is 26.5 Å². The second kappa shape index (κ2) is 53.0. The number of phosphoric ester groups is 1. The van der Waals surface area contributed by atoms with Crippen molar-refractivity contribution in [1.82, 2.24) is 0 Å². The average molecular weight is 1030 g/mol. The Balaban J connectivity index is 4.18. The number of hydrogen-bond acceptors (Lipinski definition) is 7. The van der Waals surface area contributed by atoms with Gasteiger partial charge in [-0.1, -0.05) is 227 Å². The second-order valence-corrected chi connectivity index (χ2v) is 22.1. The zero-order valence-electron chi connectivity index (χ0n) is 47.1. The molecule has 0 rings (SSSR count). The van der Waals surface area contributed by atoms with E-state index in [1.54, 1.807) is 0 Å². The van der Waals surface area contributed by atoms with Gasteiger partial charge in [0.05, 0.1) is 27.7 Å². The minimum absolute atomic E-state index is 0.0241. The number of quaternary nitrogens is 1. The first kappa shape index (κ1) is 69.2. The van der Waals surface area contributed by atoms with Crippen LogP contribution in [0.2, 0.25) is 0 Å². The Labute approximate surface area is 443 Å². The summed E-state index contributed by atoms with van der Waals surface area (Å²) in [6.07, 6.45) is 70.8. The fourth-order valence-electron chi connectivity index (χ4n) is 7.90. The molecule has 10 heteroatoms. The molecule has 9 nitrogen and oxygen atoms in total. The van der Waals surface area contributed by atoms with Gasteiger partial charge in [-0.15, -0.1) is 0 Å². The number of nitrogens with zero attached hydrogens (tertiary/aromatic N) is 1. The van der Waals surface area contributed by atoms with E-state index in [0.717, 1.165) is 89.9 Å². The molecular weight excluding hydrogens is 918 g/mol. The zero-order valence-corrected chi connectivity index (χ0v) is 48.0. The van der Waals surface area contributed by atoms with E-state index in [1.165, 1.54) is 122 Å². The van der Waals surface area contributed by atoms with Gasteiger partial charge >= 0.3 is 19.8 Å². The number of ether oxygens (including phenoxy) is 2. The number of carbonyl (C=O) groups excluding carboxylic acids is 2. The Morgan fingerprint density at radius 1 is 0.444 bits per heavy atom. The molecule has 0 radical (unpaired) electrons. The molecule has 0 aliphatic rings. The molecule has 0 aliphatic heterocycles. The van der Waals surface area contributed by atoms with Gasteiger partial charge in [0, 0.05) is 12.8 Å². The molecule has 0 aromatic rings. The summed E-state index contributed by atoms with van der Waals surface area (Å²) in [7, 11) is 1.46. The van der Waals surface area contributed by atoms with Crippen LogP contribution in [0.15, 0.2) is 85.1 Å². The molecule has 72 heavy (non-hydrogen) atoms. The summed E-state index contributed by atoms with van der Waals surface area (Å²) < 4.78 is 34.6. The topological polar surface area (TPSA) is 108 Å². The molecule has 2 unspecified atom stereocenters. The lowest BCUT2D eigenvalue weighted by atomic mass is 10.0. The summed E-state index contributed by atoms with van der Waals surface area (Å²) in [6.45, 7) is 4.30. The van der Waals surface area contributed by atoms with E-state index in [1.807, 2.05) is 21.1 Å². The van der Waals surface area contributed by atoms with Crippen LogP contribution >= 0.6 is 7.82 Å². The average Bonchev–Trinajstić information content (AvgIpc) is 3.34. The normalized spacial score (nSPS) is 13.9. The molecule has 0 aromatic heterocycles. The number of phosphoric acid groups is 1. The minimum atomic E-state index is -4.40. The van der Waals surface area contributed by atoms with Crippen molar-refractivity contribution >= 4 is 19.8 Å². The van der Waals surface area contributed by atoms with Crippen molar-refractivity contribution < 1.29 is 42.1 Å². The number of rotatable bonds is 53. The highest BCUT2D eigenvalue weighted by molar-refractivity contribution is 7.47. The molecule has 1 N–H and O–H groups in total. The van der Waals surface area contributed by atoms with Gasteiger partial charge in [-0.05, 0) is 89.9 Å². The quantitative estimate of drug-likeness (QED) is 0.0211. The van der Waals surface area contributed by atoms with Crippen LogP contribution in [-0.2, 0) is 32.7 Å². The number of unbranched alkanes of at least 4 members (excludes halogenated alkanes) is 25. The van der Waals surface area contributed by atoms with Crippen LogP contribution in [0.1, 0.15) is 245 Å². The predicted octanol–water partition coefficient (Wildman–Crippen LogP) is 18.3. The van der Waals surface area contributed by atoms with Crippen molar-refractivity contribution in [3.05, 3.63) is 85.1 Å². The Hall–Kier alpha value is -2.81. The standard InChI is InChI=1S/C62H110NO8P/c1-6-8-10-12-14-16-18-20-22-24-26-28-29-30-31-32-33-35-36-38-40-42-44-46-48-50-52-54-61(64)68-58-60(59-70-72(66,67)69-57-56-63(3,4)5)71-62(65)55-53-51-49-47-45-43-41-39-37-34-27-25-23-21-19-17-15-13-11-9-7-2/h9,11,15,17-18,20-21,23-24,26-27,34,39,41,60H,6-8,10,12-14,16,19,22,25,28-33,35-38,40,42-59H2,1-5H3/p+1/b11-9-,17-15-,20-18-,23-21-,26-24-,34-27-,41-39-. The van der Waals surface area contributed by atoms with E-state index in [2.05, 4.69) is 98.9 Å². The zero-order chi connectivity index (χ0) is 52.7. The maximum Gasteiger partial charge on any atom is 0.472 e. The molecule has 0 spiro atoms. The van der Waals surface area contributed by atoms with Gasteiger partial charge in [0.1, 0.15) is 19.8 Å². The van der Waals surface area contributed by atoms with Crippen molar-refractivity contribution in [3.8, 4) is 0 Å². The summed E-state index contributed by atoms with van der Waals surface area (Å²) in [5, 5.41) is 0. The van der Waals surface area contributed by atoms with Gasteiger partial charge in [-0.3, -0.25) is 18.6 Å². The minimum Gasteiger partial charge on any atom is -0.462 e. The highest BCUT2D eigenvalue weighted by Crippen LogP contribution is 2.43. The van der Waals surface area contributed by atoms with Crippen LogP contribution < -0.4 is 0 Å². The largest absolute Gasteiger partial charge is 0.472 e. The number of hydrogen-bond donors (Lipinski definition) is 1. The number of esters is 2. The highest BCUT2D eigenvalue weighted by atomic mass is 31.2. The van der Waals surface area contributed by atoms with Gasteiger partial charge in [-0.25, -0.2) is 4.57 Å². The molecule has 2 atom stereocenters. The van der Waals surface area contributed by atoms with E-state index in [0.29, 0.717) is 17.4 Å². The lowest BCUT2D eigenvalue weighted by molar-refractivity contribution is -0.870. The maximum atomic E-state index is 12.8. The SMILES string of the molecule is CC/C=C\C/C=C\C/C=C\C/C=C\C/C=C\CCCCCCCC(=O)OC(COC(=O)CCCCCCCCCCCCCCCCC/C=C\C/C=C\CCCCCCC)COP(=O)(O)OCC[N+](C)(C)C. The molecule has 0 aliphatic carbocycles. The van der Waals surface area contributed by atoms with Crippen LogP contribution in [-0.4, -0.2) is 74.9 Å². The molecule has 0 saturated carbocycles. The Morgan fingerprint density at radius 3 is 1.18 bits per heavy atom. The molecule has 0 heterocycles. The molecule has 0 aromatic carbocycles. The molecule has 0 fully saturated rings. The maximum absolute atomic E-state index is 12.8. The van der Waals surface area contributed by atoms with Crippen LogP contribution in [0.5, 0.6) is 0 Å². The molecule has 416 valence electrons. The summed E-state index contributed by atoms with van der Waals surface area (Å²) in [5.74, 6) is -0.818. The third-order valence-corrected chi connectivity index (χ3v) is 13.4. The van der Waals surface area contributed by atoms with Gasteiger partial charge in [0.25, 0.3) is 0 Å². The first-order valence-corrected chi connectivity index (χ1v) is 30.8. The molecular formula is C62H111NO8P+. The van der Waals surface area contributed by atoms with E-state index in [-0.39, 0.29) is 32.0 Å². The van der Waals surface area contributed by atoms with Crippen molar-refractivity contribution in [3.63, 3.8) is 0 Å². The fraction of sp³-hybridized carbons (Fsp3) is 0.742. The fourth-order valence-corrected chi connectivity index (χ4v) is 8.64. The Bertz CT molecular complexity index is 1490.